The van der Waals surface area contributed by atoms with Gasteiger partial charge in [-0.2, -0.15) is 0 Å². The lowest BCUT2D eigenvalue weighted by atomic mass is 9.90. The number of rotatable bonds is 17. The Bertz CT molecular complexity index is 1650. The van der Waals surface area contributed by atoms with Gasteiger partial charge in [-0.1, -0.05) is 93.5 Å². The van der Waals surface area contributed by atoms with Crippen LogP contribution in [-0.2, 0) is 35.5 Å². The Balaban J connectivity index is 1.50. The van der Waals surface area contributed by atoms with Crippen LogP contribution in [0.3, 0.4) is 0 Å². The Morgan fingerprint density at radius 1 is 0.843 bits per heavy atom. The molecule has 2 heterocycles. The zero-order valence-corrected chi connectivity index (χ0v) is 29.6. The second-order valence-electron chi connectivity index (χ2n) is 13.1. The van der Waals surface area contributed by atoms with Gasteiger partial charge in [0, 0.05) is 19.0 Å². The number of hydrogen-bond acceptors (Lipinski definition) is 10. The van der Waals surface area contributed by atoms with E-state index >= 15 is 0 Å². The van der Waals surface area contributed by atoms with Gasteiger partial charge in [-0.25, -0.2) is 14.6 Å². The quantitative estimate of drug-likeness (QED) is 0.108. The van der Waals surface area contributed by atoms with E-state index in [0.717, 1.165) is 11.1 Å². The van der Waals surface area contributed by atoms with Gasteiger partial charge >= 0.3 is 12.1 Å². The van der Waals surface area contributed by atoms with Crippen LogP contribution in [0, 0.1) is 5.92 Å². The smallest absolute Gasteiger partial charge is 0.407 e. The van der Waals surface area contributed by atoms with Crippen molar-refractivity contribution >= 4 is 18.0 Å². The lowest BCUT2D eigenvalue weighted by Crippen LogP contribution is -2.60. The number of carbonyl (C=O) groups excluding carboxylic acids is 3. The zero-order chi connectivity index (χ0) is 36.9. The number of nitrogens with one attached hydrogen (secondary N) is 3. The van der Waals surface area contributed by atoms with Crippen molar-refractivity contribution in [1.82, 2.24) is 31.0 Å². The van der Waals surface area contributed by atoms with Crippen LogP contribution in [0.1, 0.15) is 62.1 Å². The Kier molecular flexibility index (Phi) is 14.1. The molecule has 2 aromatic heterocycles. The van der Waals surface area contributed by atoms with Crippen LogP contribution in [0.5, 0.6) is 0 Å². The number of nitrogens with zero attached hydrogens (tertiary/aromatic N) is 3. The topological polar surface area (TPSA) is 192 Å². The van der Waals surface area contributed by atoms with Crippen LogP contribution in [0.4, 0.5) is 9.59 Å². The molecular formula is C37H48N6O8. The van der Waals surface area contributed by atoms with E-state index in [1.807, 2.05) is 74.5 Å². The predicted octanol–water partition coefficient (Wildman–Crippen LogP) is 3.94. The predicted molar refractivity (Wildman–Crippen MR) is 187 cm³/mol. The molecule has 0 bridgehead atoms. The van der Waals surface area contributed by atoms with Crippen molar-refractivity contribution in [3.63, 3.8) is 0 Å². The molecule has 2 aromatic carbocycles. The van der Waals surface area contributed by atoms with E-state index in [0.29, 0.717) is 17.3 Å². The Morgan fingerprint density at radius 2 is 1.43 bits per heavy atom. The van der Waals surface area contributed by atoms with Gasteiger partial charge < -0.3 is 44.7 Å². The maximum absolute atomic E-state index is 13.9. The van der Waals surface area contributed by atoms with Gasteiger partial charge in [0.05, 0.1) is 30.5 Å². The van der Waals surface area contributed by atoms with E-state index in [9.17, 15) is 24.6 Å². The maximum atomic E-state index is 13.9. The third-order valence-electron chi connectivity index (χ3n) is 8.28. The van der Waals surface area contributed by atoms with Crippen molar-refractivity contribution in [2.45, 2.75) is 89.9 Å². The molecule has 274 valence electrons. The van der Waals surface area contributed by atoms with Gasteiger partial charge in [-0.3, -0.25) is 4.79 Å². The van der Waals surface area contributed by atoms with Crippen molar-refractivity contribution in [2.75, 3.05) is 7.05 Å². The minimum absolute atomic E-state index is 0.0907. The normalized spacial score (nSPS) is 14.3. The summed E-state index contributed by atoms with van der Waals surface area (Å²) in [5.41, 5.74) is 2.14. The third kappa shape index (κ3) is 11.7. The molecule has 0 saturated heterocycles. The molecule has 5 N–H and O–H groups in total. The van der Waals surface area contributed by atoms with Gasteiger partial charge in [-0.15, -0.1) is 0 Å². The van der Waals surface area contributed by atoms with Crippen molar-refractivity contribution in [2.24, 2.45) is 5.92 Å². The Hall–Kier alpha value is -5.21. The molecule has 0 aliphatic rings. The first kappa shape index (κ1) is 38.6. The fourth-order valence-electron chi connectivity index (χ4n) is 5.40. The van der Waals surface area contributed by atoms with Crippen LogP contribution < -0.4 is 16.0 Å². The van der Waals surface area contributed by atoms with Crippen LogP contribution in [0.15, 0.2) is 88.1 Å². The maximum Gasteiger partial charge on any atom is 0.407 e. The fourth-order valence-corrected chi connectivity index (χ4v) is 5.40. The van der Waals surface area contributed by atoms with Crippen LogP contribution in [0.25, 0.3) is 0 Å². The summed E-state index contributed by atoms with van der Waals surface area (Å²) in [6.45, 7) is 7.46. The van der Waals surface area contributed by atoms with Gasteiger partial charge in [-0.05, 0) is 29.9 Å². The highest BCUT2D eigenvalue weighted by atomic mass is 16.6. The SMILES string of the molecule is CC(C)c1nc(CN(C)C(=O)N[C@H](C(=O)N[C@@H](Cc2ccccc2)[C@@H](O)[C@@H](O)[C@H](Cc2ccccc2)NC(=O)OCc2ccno2)C(C)C)co1. The first-order chi connectivity index (χ1) is 24.4. The molecule has 14 nitrogen and oxygen atoms in total. The molecule has 0 radical (unpaired) electrons. The second kappa shape index (κ2) is 18.7. The first-order valence-electron chi connectivity index (χ1n) is 16.9. The molecule has 0 saturated carbocycles. The average molecular weight is 705 g/mol. The van der Waals surface area contributed by atoms with E-state index in [2.05, 4.69) is 26.1 Å². The summed E-state index contributed by atoms with van der Waals surface area (Å²) < 4.78 is 15.7. The van der Waals surface area contributed by atoms with Gasteiger partial charge in [0.15, 0.2) is 18.3 Å². The Labute approximate surface area is 297 Å². The molecule has 0 fully saturated rings. The molecule has 0 aliphatic heterocycles. The fraction of sp³-hybridized carbons (Fsp3) is 0.432. The number of aliphatic hydroxyl groups is 2. The summed E-state index contributed by atoms with van der Waals surface area (Å²) in [5.74, 6) is 0.0859. The van der Waals surface area contributed by atoms with E-state index in [-0.39, 0.29) is 37.8 Å². The minimum Gasteiger partial charge on any atom is -0.448 e. The molecule has 0 spiro atoms. The monoisotopic (exact) mass is 704 g/mol. The average Bonchev–Trinajstić information content (AvgIpc) is 3.82. The number of urea groups is 1. The number of aromatic nitrogens is 2. The lowest BCUT2D eigenvalue weighted by Gasteiger charge is -2.34. The summed E-state index contributed by atoms with van der Waals surface area (Å²) in [7, 11) is 1.59. The van der Waals surface area contributed by atoms with Gasteiger partial charge in [0.25, 0.3) is 0 Å². The van der Waals surface area contributed by atoms with E-state index in [4.69, 9.17) is 13.7 Å². The van der Waals surface area contributed by atoms with Crippen molar-refractivity contribution in [3.8, 4) is 0 Å². The standard InChI is InChI=1S/C37H48N6O8/c1-23(2)31(42-36(47)43(5)20-27-21-49-35(39-27)24(3)4)34(46)40-29(18-25-12-8-6-9-13-25)32(44)33(45)30(19-26-14-10-7-11-15-26)41-37(48)50-22-28-16-17-38-51-28/h6-17,21,23-24,29-33,44-45H,18-20,22H2,1-5H3,(H,40,46)(H,41,48)(H,42,47)/t29-,30-,31-,32+,33-/m0/s1. The van der Waals surface area contributed by atoms with E-state index in [1.165, 1.54) is 17.4 Å². The first-order valence-corrected chi connectivity index (χ1v) is 16.9. The highest BCUT2D eigenvalue weighted by Crippen LogP contribution is 2.17. The van der Waals surface area contributed by atoms with Gasteiger partial charge in [0.1, 0.15) is 24.5 Å². The summed E-state index contributed by atoms with van der Waals surface area (Å²) in [4.78, 5) is 45.8. The number of oxazole rings is 1. The largest absolute Gasteiger partial charge is 0.448 e. The number of amides is 4. The summed E-state index contributed by atoms with van der Waals surface area (Å²) in [6, 6.07) is 16.3. The number of alkyl carbamates (subject to hydrolysis) is 1. The number of aliphatic hydroxyl groups excluding tert-OH is 2. The number of carbonyl (C=O) groups is 3. The molecule has 14 heteroatoms. The molecule has 51 heavy (non-hydrogen) atoms. The summed E-state index contributed by atoms with van der Waals surface area (Å²) >= 11 is 0. The highest BCUT2D eigenvalue weighted by Gasteiger charge is 2.36. The molecule has 4 aromatic rings. The number of ether oxygens (including phenoxy) is 1. The molecule has 4 amide bonds. The van der Waals surface area contributed by atoms with E-state index < -0.39 is 48.4 Å². The Morgan fingerprint density at radius 3 is 1.94 bits per heavy atom. The molecule has 0 aliphatic carbocycles. The number of benzene rings is 2. The molecule has 4 rings (SSSR count). The number of hydrogen-bond donors (Lipinski definition) is 5. The van der Waals surface area contributed by atoms with Crippen LogP contribution in [-0.4, -0.2) is 80.7 Å². The van der Waals surface area contributed by atoms with Crippen molar-refractivity contribution < 1.29 is 38.3 Å². The molecular weight excluding hydrogens is 656 g/mol. The minimum atomic E-state index is -1.56. The zero-order valence-electron chi connectivity index (χ0n) is 29.6. The van der Waals surface area contributed by atoms with Crippen LogP contribution >= 0.6 is 0 Å². The summed E-state index contributed by atoms with van der Waals surface area (Å²) in [6.07, 6.45) is -0.766. The summed E-state index contributed by atoms with van der Waals surface area (Å²) in [5, 5.41) is 35.3. The van der Waals surface area contributed by atoms with Crippen molar-refractivity contribution in [3.05, 3.63) is 108 Å². The van der Waals surface area contributed by atoms with Gasteiger partial charge in [0.2, 0.25) is 5.91 Å². The second-order valence-corrected chi connectivity index (χ2v) is 13.1. The van der Waals surface area contributed by atoms with Crippen LogP contribution in [0.2, 0.25) is 0 Å². The third-order valence-corrected chi connectivity index (χ3v) is 8.28. The lowest BCUT2D eigenvalue weighted by molar-refractivity contribution is -0.126. The molecule has 0 unspecified atom stereocenters. The van der Waals surface area contributed by atoms with Crippen molar-refractivity contribution in [1.29, 1.82) is 0 Å². The molecule has 5 atom stereocenters. The highest BCUT2D eigenvalue weighted by molar-refractivity contribution is 5.87. The van der Waals surface area contributed by atoms with E-state index in [1.54, 1.807) is 27.0 Å².